The Labute approximate surface area is 433 Å². The molecule has 10 aromatic carbocycles. The van der Waals surface area contributed by atoms with E-state index in [1.54, 1.807) is 0 Å². The molecule has 0 bridgehead atoms. The van der Waals surface area contributed by atoms with Crippen molar-refractivity contribution >= 4 is 82.5 Å². The zero-order valence-corrected chi connectivity index (χ0v) is 41.4. The van der Waals surface area contributed by atoms with Gasteiger partial charge in [0.15, 0.2) is 0 Å². The first kappa shape index (κ1) is 42.8. The van der Waals surface area contributed by atoms with E-state index in [-0.39, 0.29) is 0 Å². The molecule has 5 heterocycles. The lowest BCUT2D eigenvalue weighted by molar-refractivity contribution is 0.483. The highest BCUT2D eigenvalue weighted by Gasteiger charge is 2.27. The Morgan fingerprint density at radius 2 is 0.907 bits per heavy atom. The van der Waals surface area contributed by atoms with Crippen LogP contribution in [0, 0.1) is 6.92 Å². The molecule has 1 aliphatic heterocycles. The van der Waals surface area contributed by atoms with Crippen molar-refractivity contribution in [2.75, 3.05) is 23.5 Å². The molecule has 0 spiro atoms. The Kier molecular flexibility index (Phi) is 9.63. The van der Waals surface area contributed by atoms with Gasteiger partial charge < -0.3 is 23.7 Å². The van der Waals surface area contributed by atoms with Crippen molar-refractivity contribution in [2.24, 2.45) is 0 Å². The van der Waals surface area contributed by atoms with Crippen molar-refractivity contribution in [3.8, 4) is 50.9 Å². The third-order valence-corrected chi connectivity index (χ3v) is 15.4. The number of anilines is 3. The molecule has 75 heavy (non-hydrogen) atoms. The first-order valence-corrected chi connectivity index (χ1v) is 25.6. The van der Waals surface area contributed by atoms with Gasteiger partial charge in [-0.2, -0.15) is 0 Å². The summed E-state index contributed by atoms with van der Waals surface area (Å²) in [6.45, 7) is 2.97. The molecule has 7 nitrogen and oxygen atoms in total. The highest BCUT2D eigenvalue weighted by Crippen LogP contribution is 2.46. The van der Waals surface area contributed by atoms with Crippen molar-refractivity contribution in [3.05, 3.63) is 248 Å². The van der Waals surface area contributed by atoms with E-state index in [4.69, 9.17) is 9.72 Å². The van der Waals surface area contributed by atoms with Crippen LogP contribution in [0.3, 0.4) is 0 Å². The molecule has 15 rings (SSSR count). The number of hydrogen-bond acceptors (Lipinski definition) is 4. The molecule has 0 saturated carbocycles. The number of aryl methyl sites for hydroxylation is 1. The van der Waals surface area contributed by atoms with Crippen LogP contribution in [0.5, 0.6) is 11.5 Å². The largest absolute Gasteiger partial charge is 0.457 e. The van der Waals surface area contributed by atoms with Crippen LogP contribution in [-0.4, -0.2) is 32.4 Å². The summed E-state index contributed by atoms with van der Waals surface area (Å²) in [5.74, 6) is 2.35. The maximum Gasteiger partial charge on any atom is 0.137 e. The highest BCUT2D eigenvalue weighted by atomic mass is 16.5. The van der Waals surface area contributed by atoms with Crippen molar-refractivity contribution in [2.45, 2.75) is 6.92 Å². The van der Waals surface area contributed by atoms with E-state index >= 15 is 0 Å². The van der Waals surface area contributed by atoms with E-state index in [0.29, 0.717) is 0 Å². The van der Waals surface area contributed by atoms with Crippen LogP contribution in [0.25, 0.3) is 105 Å². The van der Waals surface area contributed by atoms with Crippen LogP contribution in [-0.2, 0) is 0 Å². The number of rotatable bonds is 8. The van der Waals surface area contributed by atoms with Crippen LogP contribution >= 0.6 is 0 Å². The maximum absolute atomic E-state index is 6.81. The third-order valence-electron chi connectivity index (χ3n) is 15.4. The summed E-state index contributed by atoms with van der Waals surface area (Å²) in [4.78, 5) is 10.1. The summed E-state index contributed by atoms with van der Waals surface area (Å²) in [6.07, 6.45) is 2.09. The van der Waals surface area contributed by atoms with Gasteiger partial charge in [-0.05, 0) is 109 Å². The summed E-state index contributed by atoms with van der Waals surface area (Å²) in [7, 11) is 2.16. The number of ether oxygens (including phenoxy) is 1. The number of nitrogens with zero attached hydrogens (tertiary/aromatic N) is 6. The van der Waals surface area contributed by atoms with E-state index in [9.17, 15) is 0 Å². The average Bonchev–Trinajstić information content (AvgIpc) is 4.19. The van der Waals surface area contributed by atoms with Gasteiger partial charge in [0, 0.05) is 74.5 Å². The van der Waals surface area contributed by atoms with E-state index in [1.807, 2.05) is 6.07 Å². The van der Waals surface area contributed by atoms with Crippen molar-refractivity contribution in [1.82, 2.24) is 18.7 Å². The monoisotopic (exact) mass is 964 g/mol. The van der Waals surface area contributed by atoms with E-state index in [1.165, 1.54) is 44.0 Å². The number of hydrogen-bond donors (Lipinski definition) is 0. The summed E-state index contributed by atoms with van der Waals surface area (Å²) < 4.78 is 14.0. The Bertz CT molecular complexity index is 4360. The van der Waals surface area contributed by atoms with E-state index < -0.39 is 0 Å². The lowest BCUT2D eigenvalue weighted by atomic mass is 9.98. The third kappa shape index (κ3) is 6.71. The predicted octanol–water partition coefficient (Wildman–Crippen LogP) is 17.4. The molecular weight excluding hydrogens is 917 g/mol. The number of para-hydroxylation sites is 5. The highest BCUT2D eigenvalue weighted by molar-refractivity contribution is 6.13. The van der Waals surface area contributed by atoms with Crippen molar-refractivity contribution in [1.29, 1.82) is 0 Å². The molecular formula is C68H48N6O. The first-order chi connectivity index (χ1) is 37.0. The lowest BCUT2D eigenvalue weighted by Crippen LogP contribution is -2.23. The molecule has 4 aromatic heterocycles. The Balaban J connectivity index is 0.859. The maximum atomic E-state index is 6.81. The predicted molar refractivity (Wildman–Crippen MR) is 311 cm³/mol. The SMILES string of the molecule is Cc1cc(-n2c3ccccc3c3ccc(Oc4cccc(N5CN(C)c6cc(-c7ccccc7)ccc65)c4)cc32)ncc1-c1c(-n2c3ccccc3c3ccccc32)cccc1-n1c2ccccc2c2ccccc21. The second-order valence-electron chi connectivity index (χ2n) is 19.7. The van der Waals surface area contributed by atoms with Crippen LogP contribution in [0.2, 0.25) is 0 Å². The summed E-state index contributed by atoms with van der Waals surface area (Å²) in [6, 6.07) is 84.8. The molecule has 7 heteroatoms. The molecule has 0 N–H and O–H groups in total. The van der Waals surface area contributed by atoms with Crippen LogP contribution in [0.1, 0.15) is 5.56 Å². The lowest BCUT2D eigenvalue weighted by Gasteiger charge is -2.21. The van der Waals surface area contributed by atoms with E-state index in [0.717, 1.165) is 102 Å². The minimum atomic E-state index is 0.738. The average molecular weight is 965 g/mol. The molecule has 0 radical (unpaired) electrons. The van der Waals surface area contributed by atoms with Gasteiger partial charge in [0.05, 0.1) is 62.5 Å². The van der Waals surface area contributed by atoms with Crippen LogP contribution < -0.4 is 14.5 Å². The molecule has 0 fully saturated rings. The fourth-order valence-electron chi connectivity index (χ4n) is 12.0. The number of aromatic nitrogens is 4. The minimum Gasteiger partial charge on any atom is -0.457 e. The molecule has 14 aromatic rings. The standard InChI is InChI=1S/C68H48N6O/c1-44-38-67(69-42-56(44)68-63(72-57-27-11-6-22-50(57)51-23-7-12-28-58(51)72)32-17-33-64(68)73-59-29-13-8-24-52(59)53-25-9-14-30-60(53)73)74-61-31-15-10-26-54(61)55-36-35-49(41-65(55)74)75-48-21-16-20-47(40-48)71-43-70(2)66-39-46(34-37-62(66)71)45-18-4-3-5-19-45/h3-42H,43H2,1-2H3. The Hall–Kier alpha value is -9.85. The summed E-state index contributed by atoms with van der Waals surface area (Å²) in [5, 5.41) is 7.16. The summed E-state index contributed by atoms with van der Waals surface area (Å²) in [5.41, 5.74) is 18.0. The molecule has 0 aliphatic carbocycles. The molecule has 0 unspecified atom stereocenters. The Morgan fingerprint density at radius 3 is 1.49 bits per heavy atom. The normalized spacial score (nSPS) is 12.6. The van der Waals surface area contributed by atoms with Gasteiger partial charge in [-0.25, -0.2) is 4.98 Å². The van der Waals surface area contributed by atoms with Crippen LogP contribution in [0.4, 0.5) is 17.1 Å². The number of pyridine rings is 1. The minimum absolute atomic E-state index is 0.738. The topological polar surface area (TPSA) is 43.4 Å². The van der Waals surface area contributed by atoms with Gasteiger partial charge in [0.1, 0.15) is 17.3 Å². The van der Waals surface area contributed by atoms with Gasteiger partial charge in [-0.15, -0.1) is 0 Å². The number of fused-ring (bicyclic) bond motifs is 10. The van der Waals surface area contributed by atoms with E-state index in [2.05, 4.69) is 274 Å². The second kappa shape index (κ2) is 16.9. The zero-order chi connectivity index (χ0) is 49.7. The molecule has 1 aliphatic rings. The molecule has 0 amide bonds. The van der Waals surface area contributed by atoms with Crippen LogP contribution in [0.15, 0.2) is 243 Å². The quantitative estimate of drug-likeness (QED) is 0.152. The van der Waals surface area contributed by atoms with Gasteiger partial charge in [0.2, 0.25) is 0 Å². The van der Waals surface area contributed by atoms with Gasteiger partial charge in [-0.3, -0.25) is 4.57 Å². The number of benzene rings is 10. The fourth-order valence-corrected chi connectivity index (χ4v) is 12.0. The van der Waals surface area contributed by atoms with Gasteiger partial charge >= 0.3 is 0 Å². The molecule has 0 atom stereocenters. The molecule has 356 valence electrons. The zero-order valence-electron chi connectivity index (χ0n) is 41.4. The Morgan fingerprint density at radius 1 is 0.387 bits per heavy atom. The van der Waals surface area contributed by atoms with Crippen molar-refractivity contribution < 1.29 is 4.74 Å². The van der Waals surface area contributed by atoms with Crippen molar-refractivity contribution in [3.63, 3.8) is 0 Å². The van der Waals surface area contributed by atoms with Gasteiger partial charge in [-0.1, -0.05) is 140 Å². The second-order valence-corrected chi connectivity index (χ2v) is 19.7. The smallest absolute Gasteiger partial charge is 0.137 e. The first-order valence-electron chi connectivity index (χ1n) is 25.6. The fraction of sp³-hybridized carbons (Fsp3) is 0.0441. The van der Waals surface area contributed by atoms with Gasteiger partial charge in [0.25, 0.3) is 0 Å². The summed E-state index contributed by atoms with van der Waals surface area (Å²) >= 11 is 0. The molecule has 0 saturated heterocycles.